The first-order chi connectivity index (χ1) is 8.38. The quantitative estimate of drug-likeness (QED) is 0.818. The SMILES string of the molecule is CNCC1CCC1N(Cc1ccco1)C1CC1. The van der Waals surface area contributed by atoms with Gasteiger partial charge in [-0.2, -0.15) is 0 Å². The fourth-order valence-corrected chi connectivity index (χ4v) is 2.99. The van der Waals surface area contributed by atoms with Crippen LogP contribution in [-0.2, 0) is 6.54 Å². The van der Waals surface area contributed by atoms with Crippen molar-refractivity contribution in [1.82, 2.24) is 10.2 Å². The molecule has 2 unspecified atom stereocenters. The van der Waals surface area contributed by atoms with Crippen LogP contribution in [0.25, 0.3) is 0 Å². The van der Waals surface area contributed by atoms with Crippen LogP contribution in [0, 0.1) is 5.92 Å². The fraction of sp³-hybridized carbons (Fsp3) is 0.714. The maximum atomic E-state index is 5.50. The highest BCUT2D eigenvalue weighted by Gasteiger charge is 2.41. The highest BCUT2D eigenvalue weighted by Crippen LogP contribution is 2.39. The van der Waals surface area contributed by atoms with Gasteiger partial charge in [0.15, 0.2) is 0 Å². The lowest BCUT2D eigenvalue weighted by Gasteiger charge is -2.44. The van der Waals surface area contributed by atoms with Gasteiger partial charge in [-0.3, -0.25) is 4.90 Å². The van der Waals surface area contributed by atoms with E-state index < -0.39 is 0 Å². The van der Waals surface area contributed by atoms with E-state index in [2.05, 4.69) is 23.3 Å². The third-order valence-electron chi connectivity index (χ3n) is 4.20. The van der Waals surface area contributed by atoms with Crippen LogP contribution in [0.2, 0.25) is 0 Å². The Balaban J connectivity index is 1.64. The van der Waals surface area contributed by atoms with Crippen molar-refractivity contribution in [3.63, 3.8) is 0 Å². The Labute approximate surface area is 103 Å². The molecule has 0 spiro atoms. The predicted molar refractivity (Wildman–Crippen MR) is 67.7 cm³/mol. The van der Waals surface area contributed by atoms with E-state index in [0.29, 0.717) is 0 Å². The molecular weight excluding hydrogens is 212 g/mol. The summed E-state index contributed by atoms with van der Waals surface area (Å²) in [5, 5.41) is 3.32. The largest absolute Gasteiger partial charge is 0.468 e. The highest BCUT2D eigenvalue weighted by atomic mass is 16.3. The molecule has 2 saturated carbocycles. The minimum Gasteiger partial charge on any atom is -0.468 e. The number of rotatable bonds is 6. The molecule has 2 atom stereocenters. The summed E-state index contributed by atoms with van der Waals surface area (Å²) in [6.45, 7) is 2.16. The zero-order valence-electron chi connectivity index (χ0n) is 10.6. The molecule has 3 rings (SSSR count). The van der Waals surface area contributed by atoms with Crippen molar-refractivity contribution < 1.29 is 4.42 Å². The van der Waals surface area contributed by atoms with Gasteiger partial charge in [-0.05, 0) is 57.3 Å². The molecule has 1 aromatic heterocycles. The van der Waals surface area contributed by atoms with Crippen molar-refractivity contribution in [3.05, 3.63) is 24.2 Å². The Morgan fingerprint density at radius 2 is 2.24 bits per heavy atom. The first-order valence-corrected chi connectivity index (χ1v) is 6.81. The third-order valence-corrected chi connectivity index (χ3v) is 4.20. The second-order valence-corrected chi connectivity index (χ2v) is 5.45. The van der Waals surface area contributed by atoms with Gasteiger partial charge in [-0.25, -0.2) is 0 Å². The van der Waals surface area contributed by atoms with Crippen LogP contribution < -0.4 is 5.32 Å². The molecule has 3 nitrogen and oxygen atoms in total. The van der Waals surface area contributed by atoms with Gasteiger partial charge < -0.3 is 9.73 Å². The van der Waals surface area contributed by atoms with Crippen LogP contribution in [0.5, 0.6) is 0 Å². The van der Waals surface area contributed by atoms with Crippen molar-refractivity contribution >= 4 is 0 Å². The second kappa shape index (κ2) is 4.83. The molecule has 1 N–H and O–H groups in total. The van der Waals surface area contributed by atoms with Crippen LogP contribution in [0.4, 0.5) is 0 Å². The average molecular weight is 234 g/mol. The first kappa shape index (κ1) is 11.3. The second-order valence-electron chi connectivity index (χ2n) is 5.45. The number of furan rings is 1. The lowest BCUT2D eigenvalue weighted by molar-refractivity contribution is 0.0442. The molecule has 0 amide bonds. The summed E-state index contributed by atoms with van der Waals surface area (Å²) in [6.07, 6.45) is 7.29. The van der Waals surface area contributed by atoms with E-state index in [0.717, 1.165) is 36.9 Å². The molecule has 0 saturated heterocycles. The fourth-order valence-electron chi connectivity index (χ4n) is 2.99. The number of nitrogens with zero attached hydrogens (tertiary/aromatic N) is 1. The lowest BCUT2D eigenvalue weighted by Crippen LogP contribution is -2.50. The Kier molecular flexibility index (Phi) is 3.21. The van der Waals surface area contributed by atoms with Crippen LogP contribution >= 0.6 is 0 Å². The van der Waals surface area contributed by atoms with Gasteiger partial charge in [-0.1, -0.05) is 0 Å². The molecule has 1 heterocycles. The number of hydrogen-bond donors (Lipinski definition) is 1. The van der Waals surface area contributed by atoms with Gasteiger partial charge in [0.2, 0.25) is 0 Å². The molecule has 0 radical (unpaired) electrons. The number of hydrogen-bond acceptors (Lipinski definition) is 3. The topological polar surface area (TPSA) is 28.4 Å². The lowest BCUT2D eigenvalue weighted by atomic mass is 9.78. The summed E-state index contributed by atoms with van der Waals surface area (Å²) < 4.78 is 5.50. The van der Waals surface area contributed by atoms with E-state index in [9.17, 15) is 0 Å². The standard InChI is InChI=1S/C14H22N2O/c1-15-9-11-4-7-14(11)16(12-5-6-12)10-13-3-2-8-17-13/h2-3,8,11-12,14-15H,4-7,9-10H2,1H3. The molecule has 2 aliphatic carbocycles. The molecule has 94 valence electrons. The van der Waals surface area contributed by atoms with E-state index >= 15 is 0 Å². The molecular formula is C14H22N2O. The van der Waals surface area contributed by atoms with Crippen LogP contribution in [-0.4, -0.2) is 30.6 Å². The van der Waals surface area contributed by atoms with Gasteiger partial charge in [0, 0.05) is 12.1 Å². The molecule has 2 aliphatic rings. The summed E-state index contributed by atoms with van der Waals surface area (Å²) in [4.78, 5) is 2.68. The van der Waals surface area contributed by atoms with Crippen molar-refractivity contribution in [1.29, 1.82) is 0 Å². The Hall–Kier alpha value is -0.800. The smallest absolute Gasteiger partial charge is 0.117 e. The Morgan fingerprint density at radius 1 is 1.35 bits per heavy atom. The van der Waals surface area contributed by atoms with E-state index in [1.54, 1.807) is 6.26 Å². The maximum absolute atomic E-state index is 5.50. The minimum absolute atomic E-state index is 0.778. The van der Waals surface area contributed by atoms with E-state index in [-0.39, 0.29) is 0 Å². The van der Waals surface area contributed by atoms with Gasteiger partial charge in [0.25, 0.3) is 0 Å². The van der Waals surface area contributed by atoms with Crippen LogP contribution in [0.1, 0.15) is 31.4 Å². The van der Waals surface area contributed by atoms with Crippen molar-refractivity contribution in [2.24, 2.45) is 5.92 Å². The first-order valence-electron chi connectivity index (χ1n) is 6.81. The zero-order valence-corrected chi connectivity index (χ0v) is 10.6. The van der Waals surface area contributed by atoms with Crippen molar-refractivity contribution in [2.45, 2.75) is 44.3 Å². The summed E-state index contributed by atoms with van der Waals surface area (Å²) >= 11 is 0. The van der Waals surface area contributed by atoms with E-state index in [1.807, 2.05) is 6.07 Å². The monoisotopic (exact) mass is 234 g/mol. The molecule has 1 aromatic rings. The van der Waals surface area contributed by atoms with Crippen molar-refractivity contribution in [2.75, 3.05) is 13.6 Å². The number of nitrogens with one attached hydrogen (secondary N) is 1. The molecule has 17 heavy (non-hydrogen) atoms. The van der Waals surface area contributed by atoms with Crippen LogP contribution in [0.15, 0.2) is 22.8 Å². The van der Waals surface area contributed by atoms with Crippen molar-refractivity contribution in [3.8, 4) is 0 Å². The Bertz CT molecular complexity index is 345. The average Bonchev–Trinajstić information content (AvgIpc) is 3.03. The van der Waals surface area contributed by atoms with E-state index in [1.165, 1.54) is 25.7 Å². The molecule has 0 bridgehead atoms. The molecule has 0 aliphatic heterocycles. The van der Waals surface area contributed by atoms with Gasteiger partial charge >= 0.3 is 0 Å². The molecule has 0 aromatic carbocycles. The third kappa shape index (κ3) is 2.40. The normalized spacial score (nSPS) is 28.4. The van der Waals surface area contributed by atoms with Gasteiger partial charge in [0.1, 0.15) is 5.76 Å². The molecule has 3 heteroatoms. The summed E-state index contributed by atoms with van der Waals surface area (Å²) in [5.41, 5.74) is 0. The summed E-state index contributed by atoms with van der Waals surface area (Å²) in [6, 6.07) is 5.69. The highest BCUT2D eigenvalue weighted by molar-refractivity contribution is 5.03. The Morgan fingerprint density at radius 3 is 2.76 bits per heavy atom. The molecule has 2 fully saturated rings. The van der Waals surface area contributed by atoms with Crippen LogP contribution in [0.3, 0.4) is 0 Å². The van der Waals surface area contributed by atoms with Gasteiger partial charge in [-0.15, -0.1) is 0 Å². The van der Waals surface area contributed by atoms with E-state index in [4.69, 9.17) is 4.42 Å². The summed E-state index contributed by atoms with van der Waals surface area (Å²) in [7, 11) is 2.06. The maximum Gasteiger partial charge on any atom is 0.117 e. The summed E-state index contributed by atoms with van der Waals surface area (Å²) in [5.74, 6) is 1.96. The van der Waals surface area contributed by atoms with Gasteiger partial charge in [0.05, 0.1) is 12.8 Å². The zero-order chi connectivity index (χ0) is 11.7. The predicted octanol–water partition coefficient (Wildman–Crippen LogP) is 2.24. The minimum atomic E-state index is 0.778.